The van der Waals surface area contributed by atoms with E-state index >= 15 is 0 Å². The molecule has 0 saturated carbocycles. The zero-order chi connectivity index (χ0) is 20.3. The maximum absolute atomic E-state index is 12.7. The maximum atomic E-state index is 12.7. The third-order valence-corrected chi connectivity index (χ3v) is 4.12. The fourth-order valence-corrected chi connectivity index (χ4v) is 2.74. The van der Waals surface area contributed by atoms with Crippen molar-refractivity contribution in [1.82, 2.24) is 15.2 Å². The van der Waals surface area contributed by atoms with Gasteiger partial charge in [0.05, 0.1) is 5.69 Å². The first kappa shape index (κ1) is 19.2. The van der Waals surface area contributed by atoms with E-state index in [-0.39, 0.29) is 5.75 Å². The minimum absolute atomic E-state index is 0.0618. The maximum Gasteiger partial charge on any atom is 0.387 e. The van der Waals surface area contributed by atoms with E-state index in [0.717, 1.165) is 4.90 Å². The van der Waals surface area contributed by atoms with E-state index in [4.69, 9.17) is 0 Å². The SMILES string of the molecule is CC1(c2ccccn2)NC(=O)N(CC(=O)Nc2ccc(OC(F)F)cc2)C1=O. The minimum atomic E-state index is -2.95. The molecule has 1 atom stereocenters. The zero-order valence-corrected chi connectivity index (χ0v) is 14.7. The average Bonchev–Trinajstić information content (AvgIpc) is 2.88. The minimum Gasteiger partial charge on any atom is -0.435 e. The van der Waals surface area contributed by atoms with E-state index in [0.29, 0.717) is 11.4 Å². The molecule has 0 aliphatic carbocycles. The third-order valence-electron chi connectivity index (χ3n) is 4.12. The summed E-state index contributed by atoms with van der Waals surface area (Å²) in [5.74, 6) is -1.29. The van der Waals surface area contributed by atoms with Gasteiger partial charge < -0.3 is 15.4 Å². The number of alkyl halides is 2. The second kappa shape index (κ2) is 7.59. The van der Waals surface area contributed by atoms with Crippen molar-refractivity contribution in [3.8, 4) is 5.75 Å². The van der Waals surface area contributed by atoms with Crippen LogP contribution in [0.2, 0.25) is 0 Å². The number of hydrogen-bond acceptors (Lipinski definition) is 5. The van der Waals surface area contributed by atoms with E-state index in [1.165, 1.54) is 37.4 Å². The van der Waals surface area contributed by atoms with Crippen molar-refractivity contribution in [2.75, 3.05) is 11.9 Å². The van der Waals surface area contributed by atoms with E-state index in [1.807, 2.05) is 0 Å². The Hall–Kier alpha value is -3.56. The Balaban J connectivity index is 1.65. The van der Waals surface area contributed by atoms with Crippen LogP contribution in [0.5, 0.6) is 5.75 Å². The number of anilines is 1. The van der Waals surface area contributed by atoms with E-state index in [2.05, 4.69) is 20.4 Å². The van der Waals surface area contributed by atoms with E-state index < -0.39 is 36.5 Å². The second-order valence-electron chi connectivity index (χ2n) is 6.11. The summed E-state index contributed by atoms with van der Waals surface area (Å²) < 4.78 is 28.5. The fraction of sp³-hybridized carbons (Fsp3) is 0.222. The number of aromatic nitrogens is 1. The highest BCUT2D eigenvalue weighted by atomic mass is 19.3. The van der Waals surface area contributed by atoms with Crippen LogP contribution in [0, 0.1) is 0 Å². The first-order valence-electron chi connectivity index (χ1n) is 8.20. The molecule has 10 heteroatoms. The van der Waals surface area contributed by atoms with Crippen molar-refractivity contribution < 1.29 is 27.9 Å². The molecule has 3 rings (SSSR count). The summed E-state index contributed by atoms with van der Waals surface area (Å²) >= 11 is 0. The van der Waals surface area contributed by atoms with E-state index in [1.54, 1.807) is 18.2 Å². The highest BCUT2D eigenvalue weighted by Crippen LogP contribution is 2.27. The van der Waals surface area contributed by atoms with Crippen LogP contribution in [0.25, 0.3) is 0 Å². The largest absolute Gasteiger partial charge is 0.435 e. The first-order chi connectivity index (χ1) is 13.3. The summed E-state index contributed by atoms with van der Waals surface area (Å²) in [7, 11) is 0. The molecule has 28 heavy (non-hydrogen) atoms. The van der Waals surface area contributed by atoms with Gasteiger partial charge in [0.1, 0.15) is 12.3 Å². The van der Waals surface area contributed by atoms with Crippen LogP contribution in [-0.4, -0.2) is 40.9 Å². The van der Waals surface area contributed by atoms with Crippen molar-refractivity contribution in [3.05, 3.63) is 54.4 Å². The molecule has 1 aliphatic heterocycles. The van der Waals surface area contributed by atoms with Gasteiger partial charge in [-0.3, -0.25) is 19.5 Å². The molecule has 8 nitrogen and oxygen atoms in total. The standard InChI is InChI=1S/C18H16F2N4O4/c1-18(13-4-2-3-9-21-13)15(26)24(17(27)23-18)10-14(25)22-11-5-7-12(8-6-11)28-16(19)20/h2-9,16H,10H2,1H3,(H,22,25)(H,23,27). The van der Waals surface area contributed by atoms with Crippen molar-refractivity contribution in [2.24, 2.45) is 0 Å². The molecule has 1 aromatic heterocycles. The Morgan fingerprint density at radius 3 is 2.57 bits per heavy atom. The lowest BCUT2D eigenvalue weighted by Crippen LogP contribution is -2.42. The zero-order valence-electron chi connectivity index (χ0n) is 14.7. The average molecular weight is 390 g/mol. The van der Waals surface area contributed by atoms with Gasteiger partial charge in [0.25, 0.3) is 5.91 Å². The monoisotopic (exact) mass is 390 g/mol. The van der Waals surface area contributed by atoms with Gasteiger partial charge in [-0.25, -0.2) is 4.79 Å². The molecule has 0 bridgehead atoms. The van der Waals surface area contributed by atoms with Crippen LogP contribution < -0.4 is 15.4 Å². The molecule has 2 heterocycles. The number of nitrogens with one attached hydrogen (secondary N) is 2. The van der Waals surface area contributed by atoms with Gasteiger partial charge in [-0.2, -0.15) is 8.78 Å². The number of pyridine rings is 1. The summed E-state index contributed by atoms with van der Waals surface area (Å²) in [4.78, 5) is 42.0. The number of hydrogen-bond donors (Lipinski definition) is 2. The van der Waals surface area contributed by atoms with Gasteiger partial charge >= 0.3 is 12.6 Å². The number of urea groups is 1. The molecular weight excluding hydrogens is 374 g/mol. The second-order valence-corrected chi connectivity index (χ2v) is 6.11. The molecule has 2 aromatic rings. The molecule has 1 saturated heterocycles. The molecular formula is C18H16F2N4O4. The Morgan fingerprint density at radius 1 is 1.25 bits per heavy atom. The van der Waals surface area contributed by atoms with Gasteiger partial charge in [0.15, 0.2) is 5.54 Å². The molecule has 4 amide bonds. The van der Waals surface area contributed by atoms with Crippen molar-refractivity contribution in [2.45, 2.75) is 19.1 Å². The number of halogens is 2. The van der Waals surface area contributed by atoms with Gasteiger partial charge in [-0.05, 0) is 43.3 Å². The molecule has 1 aromatic carbocycles. The number of carbonyl (C=O) groups is 3. The highest BCUT2D eigenvalue weighted by Gasteiger charge is 2.50. The molecule has 146 valence electrons. The number of nitrogens with zero attached hydrogens (tertiary/aromatic N) is 2. The fourth-order valence-electron chi connectivity index (χ4n) is 2.74. The predicted octanol–water partition coefficient (Wildman–Crippen LogP) is 2.09. The number of ether oxygens (including phenoxy) is 1. The van der Waals surface area contributed by atoms with Gasteiger partial charge in [0, 0.05) is 11.9 Å². The number of amides is 4. The number of benzene rings is 1. The summed E-state index contributed by atoms with van der Waals surface area (Å²) in [6.07, 6.45) is 1.50. The van der Waals surface area contributed by atoms with Crippen LogP contribution >= 0.6 is 0 Å². The smallest absolute Gasteiger partial charge is 0.387 e. The molecule has 0 radical (unpaired) electrons. The number of imide groups is 1. The van der Waals surface area contributed by atoms with Gasteiger partial charge in [-0.15, -0.1) is 0 Å². The lowest BCUT2D eigenvalue weighted by molar-refractivity contribution is -0.133. The van der Waals surface area contributed by atoms with E-state index in [9.17, 15) is 23.2 Å². The Kier molecular flexibility index (Phi) is 5.21. The Labute approximate surface area is 158 Å². The van der Waals surface area contributed by atoms with Crippen molar-refractivity contribution >= 4 is 23.5 Å². The summed E-state index contributed by atoms with van der Waals surface area (Å²) in [6.45, 7) is -1.95. The van der Waals surface area contributed by atoms with Crippen LogP contribution in [0.15, 0.2) is 48.7 Å². The molecule has 1 aliphatic rings. The van der Waals surface area contributed by atoms with Crippen LogP contribution in [-0.2, 0) is 15.1 Å². The number of rotatable bonds is 6. The topological polar surface area (TPSA) is 101 Å². The summed E-state index contributed by atoms with van der Waals surface area (Å²) in [5.41, 5.74) is -0.718. The Morgan fingerprint density at radius 2 is 1.96 bits per heavy atom. The lowest BCUT2D eigenvalue weighted by Gasteiger charge is -2.20. The van der Waals surface area contributed by atoms with Gasteiger partial charge in [0.2, 0.25) is 5.91 Å². The third kappa shape index (κ3) is 3.90. The quantitative estimate of drug-likeness (QED) is 0.736. The van der Waals surface area contributed by atoms with Crippen LogP contribution in [0.1, 0.15) is 12.6 Å². The van der Waals surface area contributed by atoms with Crippen LogP contribution in [0.3, 0.4) is 0 Å². The summed E-state index contributed by atoms with van der Waals surface area (Å²) in [5, 5.41) is 5.03. The first-order valence-corrected chi connectivity index (χ1v) is 8.20. The lowest BCUT2D eigenvalue weighted by atomic mass is 9.97. The predicted molar refractivity (Wildman–Crippen MR) is 93.5 cm³/mol. The van der Waals surface area contributed by atoms with Crippen LogP contribution in [0.4, 0.5) is 19.3 Å². The molecule has 1 fully saturated rings. The van der Waals surface area contributed by atoms with Crippen molar-refractivity contribution in [3.63, 3.8) is 0 Å². The highest BCUT2D eigenvalue weighted by molar-refractivity contribution is 6.10. The Bertz CT molecular complexity index is 892. The molecule has 2 N–H and O–H groups in total. The molecule has 0 spiro atoms. The molecule has 1 unspecified atom stereocenters. The normalized spacial score (nSPS) is 18.9. The summed E-state index contributed by atoms with van der Waals surface area (Å²) in [6, 6.07) is 9.49. The van der Waals surface area contributed by atoms with Crippen molar-refractivity contribution in [1.29, 1.82) is 0 Å². The number of carbonyl (C=O) groups excluding carboxylic acids is 3. The van der Waals surface area contributed by atoms with Gasteiger partial charge in [-0.1, -0.05) is 6.07 Å².